The van der Waals surface area contributed by atoms with Gasteiger partial charge in [0.15, 0.2) is 0 Å². The van der Waals surface area contributed by atoms with E-state index in [1.807, 2.05) is 54.6 Å². The van der Waals surface area contributed by atoms with Crippen LogP contribution in [-0.2, 0) is 19.5 Å². The van der Waals surface area contributed by atoms with Crippen LogP contribution in [0.1, 0.15) is 17.1 Å². The van der Waals surface area contributed by atoms with E-state index in [0.29, 0.717) is 13.1 Å². The highest BCUT2D eigenvalue weighted by Crippen LogP contribution is 2.20. The summed E-state index contributed by atoms with van der Waals surface area (Å²) in [6.45, 7) is 1.84. The molecule has 0 aliphatic rings. The monoisotopic (exact) mass is 426 g/mol. The molecule has 0 saturated carbocycles. The molecule has 5 rings (SSSR count). The number of nitrogens with zero attached hydrogens (tertiary/aromatic N) is 4. The van der Waals surface area contributed by atoms with Gasteiger partial charge in [0, 0.05) is 25.1 Å². The molecule has 0 aliphatic carbocycles. The number of rotatable bonds is 8. The fourth-order valence-corrected chi connectivity index (χ4v) is 3.68. The van der Waals surface area contributed by atoms with Gasteiger partial charge in [-0.1, -0.05) is 54.6 Å². The first kappa shape index (κ1) is 20.1. The van der Waals surface area contributed by atoms with E-state index < -0.39 is 0 Å². The molecule has 0 saturated heterocycles. The Balaban J connectivity index is 1.28. The molecule has 2 aromatic heterocycles. The summed E-state index contributed by atoms with van der Waals surface area (Å²) in [4.78, 5) is 9.65. The molecule has 0 bridgehead atoms. The number of para-hydroxylation sites is 2. The van der Waals surface area contributed by atoms with E-state index in [1.165, 1.54) is 12.1 Å². The maximum atomic E-state index is 13.2. The summed E-state index contributed by atoms with van der Waals surface area (Å²) in [5.74, 6) is 0.712. The second kappa shape index (κ2) is 9.11. The molecule has 0 amide bonds. The first-order valence-corrected chi connectivity index (χ1v) is 10.6. The van der Waals surface area contributed by atoms with E-state index in [1.54, 1.807) is 16.9 Å². The van der Waals surface area contributed by atoms with Crippen molar-refractivity contribution in [2.45, 2.75) is 19.5 Å². The summed E-state index contributed by atoms with van der Waals surface area (Å²) >= 11 is 0. The van der Waals surface area contributed by atoms with Crippen LogP contribution in [0.25, 0.3) is 22.3 Å². The fourth-order valence-electron chi connectivity index (χ4n) is 3.68. The minimum absolute atomic E-state index is 0.249. The van der Waals surface area contributed by atoms with Gasteiger partial charge in [0.1, 0.15) is 23.0 Å². The second-order valence-electron chi connectivity index (χ2n) is 7.65. The summed E-state index contributed by atoms with van der Waals surface area (Å²) in [5, 5.41) is 12.9. The molecule has 2 heterocycles. The topological polar surface area (TPSA) is 71.4 Å². The Labute approximate surface area is 185 Å². The van der Waals surface area contributed by atoms with Gasteiger partial charge in [0.2, 0.25) is 0 Å². The van der Waals surface area contributed by atoms with Crippen LogP contribution in [0.15, 0.2) is 78.9 Å². The number of H-pyrrole nitrogens is 1. The van der Waals surface area contributed by atoms with Crippen molar-refractivity contribution in [1.82, 2.24) is 30.3 Å². The average Bonchev–Trinajstić information content (AvgIpc) is 3.42. The van der Waals surface area contributed by atoms with E-state index in [4.69, 9.17) is 10.2 Å². The van der Waals surface area contributed by atoms with Gasteiger partial charge in [0.05, 0.1) is 17.6 Å². The van der Waals surface area contributed by atoms with Crippen molar-refractivity contribution in [3.63, 3.8) is 0 Å². The minimum atomic E-state index is -0.249. The highest BCUT2D eigenvalue weighted by Gasteiger charge is 2.13. The third-order valence-electron chi connectivity index (χ3n) is 5.28. The number of aromatic amines is 1. The van der Waals surface area contributed by atoms with E-state index in [9.17, 15) is 4.39 Å². The molecule has 2 N–H and O–H groups in total. The smallest absolute Gasteiger partial charge is 0.123 e. The zero-order chi connectivity index (χ0) is 21.8. The molecule has 160 valence electrons. The molecular weight excluding hydrogens is 403 g/mol. The number of hydrogen-bond donors (Lipinski definition) is 2. The Morgan fingerprint density at radius 3 is 2.47 bits per heavy atom. The largest absolute Gasteiger partial charge is 0.342 e. The summed E-state index contributed by atoms with van der Waals surface area (Å²) in [6.07, 6.45) is 0.791. The number of nitrogens with one attached hydrogen (secondary N) is 2. The van der Waals surface area contributed by atoms with Crippen molar-refractivity contribution >= 4 is 11.0 Å². The molecule has 0 atom stereocenters. The minimum Gasteiger partial charge on any atom is -0.342 e. The van der Waals surface area contributed by atoms with Crippen molar-refractivity contribution in [2.24, 2.45) is 0 Å². The van der Waals surface area contributed by atoms with Crippen LogP contribution in [0.2, 0.25) is 0 Å². The van der Waals surface area contributed by atoms with Gasteiger partial charge in [-0.05, 0) is 29.8 Å². The third kappa shape index (κ3) is 4.58. The van der Waals surface area contributed by atoms with Crippen molar-refractivity contribution in [3.8, 4) is 11.3 Å². The highest BCUT2D eigenvalue weighted by atomic mass is 19.1. The van der Waals surface area contributed by atoms with Crippen LogP contribution in [0.5, 0.6) is 0 Å². The zero-order valence-corrected chi connectivity index (χ0v) is 17.5. The van der Waals surface area contributed by atoms with Gasteiger partial charge in [-0.2, -0.15) is 15.0 Å². The molecule has 0 aliphatic heterocycles. The lowest BCUT2D eigenvalue weighted by Crippen LogP contribution is -2.18. The van der Waals surface area contributed by atoms with Gasteiger partial charge < -0.3 is 10.3 Å². The normalized spacial score (nSPS) is 11.3. The van der Waals surface area contributed by atoms with Crippen molar-refractivity contribution < 1.29 is 4.39 Å². The summed E-state index contributed by atoms with van der Waals surface area (Å²) < 4.78 is 13.2. The van der Waals surface area contributed by atoms with E-state index in [-0.39, 0.29) is 5.82 Å². The molecule has 0 unspecified atom stereocenters. The second-order valence-corrected chi connectivity index (χ2v) is 7.65. The number of benzene rings is 3. The average molecular weight is 426 g/mol. The molecule has 0 radical (unpaired) electrons. The quantitative estimate of drug-likeness (QED) is 0.362. The Morgan fingerprint density at radius 1 is 0.875 bits per heavy atom. The molecule has 6 nitrogen and oxygen atoms in total. The lowest BCUT2D eigenvalue weighted by Gasteiger charge is -2.03. The fraction of sp³-hybridized carbons (Fsp3) is 0.160. The Kier molecular flexibility index (Phi) is 5.72. The lowest BCUT2D eigenvalue weighted by atomic mass is 10.1. The van der Waals surface area contributed by atoms with Crippen molar-refractivity contribution in [3.05, 3.63) is 102 Å². The summed E-state index contributed by atoms with van der Waals surface area (Å²) in [6, 6.07) is 24.5. The van der Waals surface area contributed by atoms with Gasteiger partial charge in [-0.3, -0.25) is 0 Å². The molecule has 3 aromatic carbocycles. The first-order valence-electron chi connectivity index (χ1n) is 10.6. The highest BCUT2D eigenvalue weighted by molar-refractivity contribution is 5.74. The van der Waals surface area contributed by atoms with Crippen LogP contribution in [0.3, 0.4) is 0 Å². The predicted molar refractivity (Wildman–Crippen MR) is 122 cm³/mol. The van der Waals surface area contributed by atoms with E-state index in [2.05, 4.69) is 15.3 Å². The van der Waals surface area contributed by atoms with Crippen LogP contribution in [-0.4, -0.2) is 31.5 Å². The standard InChI is InChI=1S/C25H23FN6/c26-20-12-10-18(11-13-20)17-32-30-23(25(31-32)19-6-2-1-3-7-19)16-27-15-14-24-28-21-8-4-5-9-22(21)29-24/h1-13,27H,14-17H2,(H,28,29). The van der Waals surface area contributed by atoms with Crippen LogP contribution >= 0.6 is 0 Å². The Bertz CT molecular complexity index is 1270. The van der Waals surface area contributed by atoms with E-state index >= 15 is 0 Å². The number of fused-ring (bicyclic) bond motifs is 1. The van der Waals surface area contributed by atoms with Gasteiger partial charge in [-0.25, -0.2) is 9.37 Å². The number of halogens is 1. The first-order chi connectivity index (χ1) is 15.7. The molecule has 32 heavy (non-hydrogen) atoms. The van der Waals surface area contributed by atoms with Crippen LogP contribution < -0.4 is 5.32 Å². The molecular formula is C25H23FN6. The van der Waals surface area contributed by atoms with Gasteiger partial charge in [-0.15, -0.1) is 0 Å². The SMILES string of the molecule is Fc1ccc(Cn2nc(CNCCc3nc4ccccc4[nH]3)c(-c3ccccc3)n2)cc1. The maximum absolute atomic E-state index is 13.2. The van der Waals surface area contributed by atoms with Crippen molar-refractivity contribution in [2.75, 3.05) is 6.54 Å². The predicted octanol–water partition coefficient (Wildman–Crippen LogP) is 4.34. The Hall–Kier alpha value is -3.84. The van der Waals surface area contributed by atoms with Crippen molar-refractivity contribution in [1.29, 1.82) is 0 Å². The molecule has 5 aromatic rings. The number of imidazole rings is 1. The number of hydrogen-bond acceptors (Lipinski definition) is 4. The van der Waals surface area contributed by atoms with Crippen LogP contribution in [0.4, 0.5) is 4.39 Å². The lowest BCUT2D eigenvalue weighted by molar-refractivity contribution is 0.574. The molecule has 0 fully saturated rings. The third-order valence-corrected chi connectivity index (χ3v) is 5.28. The molecule has 0 spiro atoms. The van der Waals surface area contributed by atoms with Gasteiger partial charge >= 0.3 is 0 Å². The van der Waals surface area contributed by atoms with Gasteiger partial charge in [0.25, 0.3) is 0 Å². The zero-order valence-electron chi connectivity index (χ0n) is 17.5. The van der Waals surface area contributed by atoms with E-state index in [0.717, 1.165) is 52.3 Å². The van der Waals surface area contributed by atoms with Crippen LogP contribution in [0, 0.1) is 5.82 Å². The number of aromatic nitrogens is 5. The summed E-state index contributed by atoms with van der Waals surface area (Å²) in [7, 11) is 0. The Morgan fingerprint density at radius 2 is 1.66 bits per heavy atom. The summed E-state index contributed by atoms with van der Waals surface area (Å²) in [5.41, 5.74) is 5.74. The molecule has 7 heteroatoms. The maximum Gasteiger partial charge on any atom is 0.123 e.